The van der Waals surface area contributed by atoms with E-state index < -0.39 is 0 Å². The molecule has 0 atom stereocenters. The SMILES string of the molecule is CC(C)N(c1ccccc1)c1ccc(N(c2ccccc2)c2ccc(N(c3ccccc3)c3ccc(N(c4ccccc4)c4ccc(N(c5ccccc5)c5ccc(N(c6ccccc6)c6ccc(N(c7ccccc7)c7ccc(N(c8ccccc8)C(C)C)cc7)cc6)cc5)cc4)cc3)cc2)cc1. The van der Waals surface area contributed by atoms with Crippen molar-refractivity contribution in [2.24, 2.45) is 0 Å². The molecule has 15 aromatic carbocycles. The number of hydrogen-bond donors (Lipinski definition) is 0. The lowest BCUT2D eigenvalue weighted by molar-refractivity contribution is 0.789. The highest BCUT2D eigenvalue weighted by Crippen LogP contribution is 2.46. The van der Waals surface area contributed by atoms with Crippen LogP contribution < -0.4 is 39.2 Å². The summed E-state index contributed by atoms with van der Waals surface area (Å²) in [6.07, 6.45) is 0. The summed E-state index contributed by atoms with van der Waals surface area (Å²) in [5, 5.41) is 0. The normalized spacial score (nSPS) is 11.1. The first-order valence-corrected chi connectivity index (χ1v) is 35.8. The number of hydrogen-bond acceptors (Lipinski definition) is 8. The Hall–Kier alpha value is -13.3. The maximum Gasteiger partial charge on any atom is 0.0463 e. The lowest BCUT2D eigenvalue weighted by Crippen LogP contribution is -2.25. The van der Waals surface area contributed by atoms with E-state index in [0.717, 1.165) is 114 Å². The summed E-state index contributed by atoms with van der Waals surface area (Å²) < 4.78 is 0. The van der Waals surface area contributed by atoms with Crippen LogP contribution in [0, 0.1) is 0 Å². The molecule has 0 radical (unpaired) electrons. The van der Waals surface area contributed by atoms with E-state index in [-0.39, 0.29) is 12.1 Å². The highest BCUT2D eigenvalue weighted by Gasteiger charge is 2.24. The zero-order valence-electron chi connectivity index (χ0n) is 59.0. The lowest BCUT2D eigenvalue weighted by Gasteiger charge is -2.31. The van der Waals surface area contributed by atoms with E-state index in [1.54, 1.807) is 0 Å². The molecule has 0 saturated heterocycles. The fraction of sp³-hybridized carbons (Fsp3) is 0.0625. The molecule has 8 heteroatoms. The van der Waals surface area contributed by atoms with Gasteiger partial charge in [0, 0.05) is 137 Å². The second kappa shape index (κ2) is 31.1. The summed E-state index contributed by atoms with van der Waals surface area (Å²) in [5.74, 6) is 0. The van der Waals surface area contributed by atoms with Crippen LogP contribution in [0.15, 0.2) is 413 Å². The van der Waals surface area contributed by atoms with Crippen molar-refractivity contribution < 1.29 is 0 Å². The summed E-state index contributed by atoms with van der Waals surface area (Å²) in [5.41, 5.74) is 23.6. The molecule has 8 nitrogen and oxygen atoms in total. The van der Waals surface area contributed by atoms with Gasteiger partial charge in [0.15, 0.2) is 0 Å². The van der Waals surface area contributed by atoms with Crippen molar-refractivity contribution >= 4 is 125 Å². The van der Waals surface area contributed by atoms with E-state index in [0.29, 0.717) is 0 Å². The van der Waals surface area contributed by atoms with Gasteiger partial charge in [-0.25, -0.2) is 0 Å². The quantitative estimate of drug-likeness (QED) is 0.0591. The van der Waals surface area contributed by atoms with E-state index in [1.807, 2.05) is 0 Å². The van der Waals surface area contributed by atoms with Crippen LogP contribution in [0.25, 0.3) is 0 Å². The van der Waals surface area contributed by atoms with Crippen LogP contribution in [-0.4, -0.2) is 12.1 Å². The molecule has 0 aliphatic carbocycles. The van der Waals surface area contributed by atoms with Crippen molar-refractivity contribution in [1.82, 2.24) is 0 Å². The Morgan fingerprint density at radius 1 is 0.115 bits per heavy atom. The van der Waals surface area contributed by atoms with E-state index >= 15 is 0 Å². The van der Waals surface area contributed by atoms with Crippen LogP contribution >= 0.6 is 0 Å². The van der Waals surface area contributed by atoms with Crippen LogP contribution in [0.4, 0.5) is 125 Å². The van der Waals surface area contributed by atoms with Crippen molar-refractivity contribution in [2.45, 2.75) is 39.8 Å². The third kappa shape index (κ3) is 14.5. The van der Waals surface area contributed by atoms with Crippen molar-refractivity contribution in [2.75, 3.05) is 39.2 Å². The largest absolute Gasteiger partial charge is 0.339 e. The van der Waals surface area contributed by atoms with Crippen molar-refractivity contribution in [3.63, 3.8) is 0 Å². The molecule has 0 aliphatic heterocycles. The van der Waals surface area contributed by atoms with Crippen LogP contribution in [-0.2, 0) is 0 Å². The zero-order chi connectivity index (χ0) is 70.6. The van der Waals surface area contributed by atoms with E-state index in [2.05, 4.69) is 479 Å². The fourth-order valence-corrected chi connectivity index (χ4v) is 14.1. The molecular formula is C96H82N8. The molecule has 0 spiro atoms. The molecule has 0 heterocycles. The summed E-state index contributed by atoms with van der Waals surface area (Å²) in [6.45, 7) is 8.95. The number of nitrogens with zero attached hydrogens (tertiary/aromatic N) is 8. The smallest absolute Gasteiger partial charge is 0.0463 e. The van der Waals surface area contributed by atoms with Gasteiger partial charge in [-0.15, -0.1) is 0 Å². The average Bonchev–Trinajstić information content (AvgIpc) is 0.787. The van der Waals surface area contributed by atoms with Gasteiger partial charge in [0.05, 0.1) is 0 Å². The predicted octanol–water partition coefficient (Wildman–Crippen LogP) is 27.6. The van der Waals surface area contributed by atoms with Crippen molar-refractivity contribution in [3.8, 4) is 0 Å². The van der Waals surface area contributed by atoms with Gasteiger partial charge in [-0.3, -0.25) is 0 Å². The molecule has 0 unspecified atom stereocenters. The minimum Gasteiger partial charge on any atom is -0.339 e. The van der Waals surface area contributed by atoms with Gasteiger partial charge in [-0.05, 0) is 295 Å². The highest BCUT2D eigenvalue weighted by atomic mass is 15.2. The molecule has 15 aromatic rings. The Morgan fingerprint density at radius 3 is 0.317 bits per heavy atom. The van der Waals surface area contributed by atoms with Gasteiger partial charge in [-0.1, -0.05) is 146 Å². The maximum atomic E-state index is 2.38. The van der Waals surface area contributed by atoms with Crippen molar-refractivity contribution in [3.05, 3.63) is 413 Å². The summed E-state index contributed by atoms with van der Waals surface area (Å²) >= 11 is 0. The topological polar surface area (TPSA) is 25.9 Å². The molecule has 0 bridgehead atoms. The second-order valence-electron chi connectivity index (χ2n) is 26.2. The molecular weight excluding hydrogens is 1270 g/mol. The number of benzene rings is 15. The Kier molecular flexibility index (Phi) is 19.9. The third-order valence-electron chi connectivity index (χ3n) is 18.8. The summed E-state index contributed by atoms with van der Waals surface area (Å²) in [6, 6.07) is 148. The molecule has 0 N–H and O–H groups in total. The first-order chi connectivity index (χ1) is 51.3. The standard InChI is InChI=1S/C96H82N8/c1-73(2)97(75-29-13-5-14-30-75)83-45-49-85(50-46-83)99(77-33-17-7-18-34-77)87-53-57-89(58-54-87)101(79-37-21-9-22-38-79)91-61-65-93(66-62-91)103(81-41-25-11-26-42-81)95-69-71-96(72-70-95)104(82-43-27-12-28-44-82)94-67-63-92(64-68-94)102(80-39-23-10-24-40-80)90-59-55-88(56-60-90)100(78-35-19-8-20-36-78)86-51-47-84(48-52-86)98(74(3)4)76-31-15-6-16-32-76/h5-74H,1-4H3. The van der Waals surface area contributed by atoms with Gasteiger partial charge < -0.3 is 39.2 Å². The van der Waals surface area contributed by atoms with Crippen LogP contribution in [0.3, 0.4) is 0 Å². The van der Waals surface area contributed by atoms with Crippen LogP contribution in [0.5, 0.6) is 0 Å². The molecule has 506 valence electrons. The summed E-state index contributed by atoms with van der Waals surface area (Å²) in [7, 11) is 0. The minimum atomic E-state index is 0.275. The molecule has 0 fully saturated rings. The van der Waals surface area contributed by atoms with Crippen LogP contribution in [0.1, 0.15) is 27.7 Å². The Morgan fingerprint density at radius 2 is 0.202 bits per heavy atom. The number of rotatable bonds is 24. The predicted molar refractivity (Wildman–Crippen MR) is 442 cm³/mol. The molecule has 0 amide bonds. The first-order valence-electron chi connectivity index (χ1n) is 35.8. The molecule has 0 aromatic heterocycles. The monoisotopic (exact) mass is 1350 g/mol. The Labute approximate surface area is 612 Å². The first kappa shape index (κ1) is 66.6. The van der Waals surface area contributed by atoms with Crippen LogP contribution in [0.2, 0.25) is 0 Å². The molecule has 0 aliphatic rings. The zero-order valence-corrected chi connectivity index (χ0v) is 59.0. The molecule has 15 rings (SSSR count). The number of para-hydroxylation sites is 8. The average molecular weight is 1350 g/mol. The van der Waals surface area contributed by atoms with Gasteiger partial charge in [0.2, 0.25) is 0 Å². The van der Waals surface area contributed by atoms with E-state index in [9.17, 15) is 0 Å². The minimum absolute atomic E-state index is 0.275. The lowest BCUT2D eigenvalue weighted by atomic mass is 10.1. The maximum absolute atomic E-state index is 2.38. The third-order valence-corrected chi connectivity index (χ3v) is 18.8. The molecule has 0 saturated carbocycles. The van der Waals surface area contributed by atoms with Gasteiger partial charge in [0.1, 0.15) is 0 Å². The highest BCUT2D eigenvalue weighted by molar-refractivity contribution is 5.88. The number of anilines is 22. The van der Waals surface area contributed by atoms with Crippen molar-refractivity contribution in [1.29, 1.82) is 0 Å². The van der Waals surface area contributed by atoms with E-state index in [4.69, 9.17) is 0 Å². The second-order valence-corrected chi connectivity index (χ2v) is 26.2. The van der Waals surface area contributed by atoms with E-state index in [1.165, 1.54) is 11.4 Å². The Bertz CT molecular complexity index is 4810. The fourth-order valence-electron chi connectivity index (χ4n) is 14.1. The van der Waals surface area contributed by atoms with Gasteiger partial charge >= 0.3 is 0 Å². The molecule has 104 heavy (non-hydrogen) atoms. The Balaban J connectivity index is 0.710. The van der Waals surface area contributed by atoms with Gasteiger partial charge in [-0.2, -0.15) is 0 Å². The van der Waals surface area contributed by atoms with Gasteiger partial charge in [0.25, 0.3) is 0 Å². The summed E-state index contributed by atoms with van der Waals surface area (Å²) in [4.78, 5) is 18.7.